The van der Waals surface area contributed by atoms with Crippen LogP contribution in [0.5, 0.6) is 5.75 Å². The zero-order valence-corrected chi connectivity index (χ0v) is 19.0. The van der Waals surface area contributed by atoms with Gasteiger partial charge in [0.1, 0.15) is 23.8 Å². The molecule has 0 radical (unpaired) electrons. The van der Waals surface area contributed by atoms with Crippen molar-refractivity contribution in [1.29, 1.82) is 5.41 Å². The van der Waals surface area contributed by atoms with Crippen molar-refractivity contribution in [2.45, 2.75) is 30.4 Å². The van der Waals surface area contributed by atoms with E-state index < -0.39 is 33.9 Å². The Kier molecular flexibility index (Phi) is 6.03. The molecule has 4 rings (SSSR count). The zero-order valence-electron chi connectivity index (χ0n) is 17.4. The Morgan fingerprint density at radius 2 is 2.21 bits per heavy atom. The van der Waals surface area contributed by atoms with Crippen LogP contribution in [-0.4, -0.2) is 54.9 Å². The van der Waals surface area contributed by atoms with Crippen molar-refractivity contribution in [3.8, 4) is 5.75 Å². The van der Waals surface area contributed by atoms with Gasteiger partial charge in [-0.15, -0.1) is 11.3 Å². The van der Waals surface area contributed by atoms with Crippen molar-refractivity contribution in [2.75, 3.05) is 12.3 Å². The number of hydrogen-bond acceptors (Lipinski definition) is 10. The van der Waals surface area contributed by atoms with Crippen LogP contribution in [0, 0.1) is 5.41 Å². The van der Waals surface area contributed by atoms with E-state index in [0.717, 1.165) is 6.21 Å². The fourth-order valence-electron chi connectivity index (χ4n) is 3.30. The molecule has 2 unspecified atom stereocenters. The average Bonchev–Trinajstić information content (AvgIpc) is 3.04. The first-order valence-corrected chi connectivity index (χ1v) is 11.7. The first-order chi connectivity index (χ1) is 15.7. The van der Waals surface area contributed by atoms with Gasteiger partial charge in [-0.2, -0.15) is 0 Å². The van der Waals surface area contributed by atoms with Gasteiger partial charge in [0.15, 0.2) is 27.1 Å². The van der Waals surface area contributed by atoms with E-state index in [2.05, 4.69) is 15.5 Å². The minimum Gasteiger partial charge on any atom is -0.493 e. The standard InChI is InChI=1S/C19H21N7O5S2/c1-19-15(17(28)26(19)33(19)29)25-14(27)8-23-31-13(12-9-32-18(22)24-12)6-7-30-11-4-2-10(3-5-11)16(20)21/h2-5,8-9,13,15H,6-7H2,1H3,(H3,20,21)(H2,22,24)(H,25,27)/b23-8-/t13?,15-,19+,26?,33?/m0/s1. The minimum atomic E-state index is -1.40. The molecule has 12 nitrogen and oxygen atoms in total. The second-order valence-electron chi connectivity index (χ2n) is 7.39. The SMILES string of the molecule is C[C@@]12[C@@H](NC(=O)/C=N\OC(CCOc3ccc(C(=N)N)cc3)c3csc(N)n3)C(=O)N1S2=O. The maximum absolute atomic E-state index is 12.1. The summed E-state index contributed by atoms with van der Waals surface area (Å²) >= 11 is 1.24. The smallest absolute Gasteiger partial charge is 0.266 e. The molecule has 0 bridgehead atoms. The minimum absolute atomic E-state index is 0.0310. The molecule has 33 heavy (non-hydrogen) atoms. The molecule has 2 amide bonds. The number of rotatable bonds is 10. The number of oxime groups is 1. The molecule has 0 saturated carbocycles. The molecule has 4 atom stereocenters. The Bertz CT molecular complexity index is 1150. The molecular weight excluding hydrogens is 470 g/mol. The van der Waals surface area contributed by atoms with E-state index in [0.29, 0.717) is 28.6 Å². The van der Waals surface area contributed by atoms with Gasteiger partial charge >= 0.3 is 0 Å². The van der Waals surface area contributed by atoms with Crippen LogP contribution in [0.1, 0.15) is 30.7 Å². The van der Waals surface area contributed by atoms with Gasteiger partial charge in [-0.05, 0) is 31.2 Å². The molecule has 2 fully saturated rings. The number of nitrogens with one attached hydrogen (secondary N) is 2. The molecule has 2 aliphatic heterocycles. The van der Waals surface area contributed by atoms with Crippen LogP contribution in [0.2, 0.25) is 0 Å². The van der Waals surface area contributed by atoms with Crippen LogP contribution in [0.3, 0.4) is 0 Å². The molecule has 2 aromatic rings. The quantitative estimate of drug-likeness (QED) is 0.120. The summed E-state index contributed by atoms with van der Waals surface area (Å²) in [6.07, 6.45) is 0.631. The Morgan fingerprint density at radius 1 is 1.48 bits per heavy atom. The monoisotopic (exact) mass is 491 g/mol. The highest BCUT2D eigenvalue weighted by Gasteiger charge is 2.78. The van der Waals surface area contributed by atoms with Crippen molar-refractivity contribution in [3.63, 3.8) is 0 Å². The number of carbonyl (C=O) groups is 2. The largest absolute Gasteiger partial charge is 0.493 e. The summed E-state index contributed by atoms with van der Waals surface area (Å²) < 4.78 is 18.6. The van der Waals surface area contributed by atoms with Gasteiger partial charge in [0.2, 0.25) is 0 Å². The van der Waals surface area contributed by atoms with E-state index in [1.807, 2.05) is 0 Å². The van der Waals surface area contributed by atoms with E-state index >= 15 is 0 Å². The first kappa shape index (κ1) is 22.7. The average molecular weight is 492 g/mol. The molecule has 0 aliphatic carbocycles. The van der Waals surface area contributed by atoms with Gasteiger partial charge in [0.05, 0.1) is 12.3 Å². The number of amides is 2. The summed E-state index contributed by atoms with van der Waals surface area (Å²) in [5, 5.41) is 15.7. The number of hydrogen-bond donors (Lipinski definition) is 4. The molecule has 3 heterocycles. The maximum Gasteiger partial charge on any atom is 0.266 e. The van der Waals surface area contributed by atoms with Crippen LogP contribution in [0.25, 0.3) is 0 Å². The molecule has 2 saturated heterocycles. The predicted octanol–water partition coefficient (Wildman–Crippen LogP) is 0.242. The maximum atomic E-state index is 12.1. The van der Waals surface area contributed by atoms with E-state index in [1.165, 1.54) is 15.6 Å². The van der Waals surface area contributed by atoms with Gasteiger partial charge < -0.3 is 26.4 Å². The normalized spacial score (nSPS) is 24.0. The molecule has 6 N–H and O–H groups in total. The van der Waals surface area contributed by atoms with E-state index in [1.54, 1.807) is 36.6 Å². The lowest BCUT2D eigenvalue weighted by atomic mass is 10.0. The van der Waals surface area contributed by atoms with Gasteiger partial charge in [-0.3, -0.25) is 15.0 Å². The number of ether oxygens (including phenoxy) is 1. The number of benzene rings is 1. The van der Waals surface area contributed by atoms with Crippen molar-refractivity contribution < 1.29 is 23.4 Å². The van der Waals surface area contributed by atoms with Gasteiger partial charge in [-0.25, -0.2) is 13.5 Å². The number of carbonyl (C=O) groups excluding carboxylic acids is 2. The highest BCUT2D eigenvalue weighted by molar-refractivity contribution is 7.92. The predicted molar refractivity (Wildman–Crippen MR) is 122 cm³/mol. The van der Waals surface area contributed by atoms with Crippen molar-refractivity contribution >= 4 is 51.3 Å². The van der Waals surface area contributed by atoms with Crippen LogP contribution < -0.4 is 21.5 Å². The molecule has 1 aromatic heterocycles. The van der Waals surface area contributed by atoms with Gasteiger partial charge in [-0.1, -0.05) is 5.16 Å². The number of nitrogens with zero attached hydrogens (tertiary/aromatic N) is 3. The second kappa shape index (κ2) is 8.78. The van der Waals surface area contributed by atoms with Crippen LogP contribution in [0.4, 0.5) is 5.13 Å². The molecular formula is C19H21N7O5S2. The fraction of sp³-hybridized carbons (Fsp3) is 0.316. The van der Waals surface area contributed by atoms with Crippen LogP contribution in [-0.2, 0) is 25.4 Å². The number of aromatic nitrogens is 1. The van der Waals surface area contributed by atoms with Crippen molar-refractivity contribution in [3.05, 3.63) is 40.9 Å². The van der Waals surface area contributed by atoms with E-state index in [4.69, 9.17) is 26.5 Å². The molecule has 1 aromatic carbocycles. The van der Waals surface area contributed by atoms with E-state index in [9.17, 15) is 13.8 Å². The summed E-state index contributed by atoms with van der Waals surface area (Å²) in [5.74, 6) is -0.472. The highest BCUT2D eigenvalue weighted by atomic mass is 32.2. The van der Waals surface area contributed by atoms with Gasteiger partial charge in [0.25, 0.3) is 11.8 Å². The third-order valence-corrected chi connectivity index (χ3v) is 7.74. The zero-order chi connectivity index (χ0) is 23.8. The number of fused-ring (bicyclic) bond motifs is 1. The Morgan fingerprint density at radius 3 is 2.79 bits per heavy atom. The summed E-state index contributed by atoms with van der Waals surface area (Å²) in [6.45, 7) is 1.89. The van der Waals surface area contributed by atoms with Crippen molar-refractivity contribution in [2.24, 2.45) is 10.9 Å². The summed E-state index contributed by atoms with van der Waals surface area (Å²) in [4.78, 5) is 32.7. The Labute approximate surface area is 195 Å². The van der Waals surface area contributed by atoms with E-state index in [-0.39, 0.29) is 18.3 Å². The molecule has 174 valence electrons. The third kappa shape index (κ3) is 4.39. The Balaban J connectivity index is 1.31. The Hall–Kier alpha value is -3.52. The lowest BCUT2D eigenvalue weighted by Gasteiger charge is -2.28. The summed E-state index contributed by atoms with van der Waals surface area (Å²) in [5.41, 5.74) is 12.3. The molecule has 0 spiro atoms. The topological polar surface area (TPSA) is 186 Å². The summed E-state index contributed by atoms with van der Waals surface area (Å²) in [6, 6.07) is 5.92. The number of anilines is 1. The number of β-lactam (4-membered cyclic amide) rings is 1. The molecule has 2 aliphatic rings. The fourth-order valence-corrected chi connectivity index (χ4v) is 5.34. The lowest BCUT2D eigenvalue weighted by molar-refractivity contribution is -0.139. The van der Waals surface area contributed by atoms with Crippen LogP contribution >= 0.6 is 11.3 Å². The number of thiazole rings is 1. The number of nitrogen functional groups attached to an aromatic ring is 2. The molecule has 14 heteroatoms. The van der Waals surface area contributed by atoms with Crippen molar-refractivity contribution in [1.82, 2.24) is 14.6 Å². The summed E-state index contributed by atoms with van der Waals surface area (Å²) in [7, 11) is -1.40. The second-order valence-corrected chi connectivity index (χ2v) is 9.97. The number of nitrogens with two attached hydrogens (primary N) is 2. The van der Waals surface area contributed by atoms with Gasteiger partial charge in [0, 0.05) is 17.4 Å². The highest BCUT2D eigenvalue weighted by Crippen LogP contribution is 2.51. The van der Waals surface area contributed by atoms with Crippen LogP contribution in [0.15, 0.2) is 34.8 Å². The third-order valence-electron chi connectivity index (χ3n) is 5.20. The first-order valence-electron chi connectivity index (χ1n) is 9.75. The lowest BCUT2D eigenvalue weighted by Crippen LogP contribution is -2.62. The number of amidine groups is 1.